The molecule has 2 N–H and O–H groups in total. The lowest BCUT2D eigenvalue weighted by atomic mass is 10.1. The van der Waals surface area contributed by atoms with Crippen molar-refractivity contribution in [1.29, 1.82) is 0 Å². The van der Waals surface area contributed by atoms with Gasteiger partial charge in [0.2, 0.25) is 0 Å². The molecule has 0 spiro atoms. The predicted molar refractivity (Wildman–Crippen MR) is 133 cm³/mol. The molecule has 7 heteroatoms. The molecule has 1 saturated heterocycles. The maximum atomic E-state index is 10.8. The fourth-order valence-corrected chi connectivity index (χ4v) is 3.89. The molecule has 1 aromatic heterocycles. The number of benzene rings is 2. The highest BCUT2D eigenvalue weighted by molar-refractivity contribution is 6.30. The van der Waals surface area contributed by atoms with E-state index in [0.717, 1.165) is 54.9 Å². The van der Waals surface area contributed by atoms with Crippen molar-refractivity contribution in [2.45, 2.75) is 18.9 Å². The van der Waals surface area contributed by atoms with E-state index in [1.165, 1.54) is 0 Å². The van der Waals surface area contributed by atoms with Crippen LogP contribution in [0.4, 0.5) is 4.79 Å². The average molecular weight is 476 g/mol. The van der Waals surface area contributed by atoms with Gasteiger partial charge in [0.15, 0.2) is 0 Å². The number of halogens is 1. The second-order valence-electron chi connectivity index (χ2n) is 8.04. The molecule has 4 rings (SSSR count). The Hall–Kier alpha value is -3.53. The van der Waals surface area contributed by atoms with Gasteiger partial charge >= 0.3 is 6.09 Å². The molecule has 0 saturated carbocycles. The van der Waals surface area contributed by atoms with Gasteiger partial charge in [-0.2, -0.15) is 0 Å². The van der Waals surface area contributed by atoms with E-state index in [9.17, 15) is 4.79 Å². The first-order valence-corrected chi connectivity index (χ1v) is 11.6. The molecule has 6 nitrogen and oxygen atoms in total. The van der Waals surface area contributed by atoms with Gasteiger partial charge in [0.25, 0.3) is 0 Å². The number of primary amides is 1. The van der Waals surface area contributed by atoms with E-state index >= 15 is 0 Å². The molecule has 34 heavy (non-hydrogen) atoms. The number of hydrogen-bond acceptors (Lipinski definition) is 5. The summed E-state index contributed by atoms with van der Waals surface area (Å²) >= 11 is 5.95. The Morgan fingerprint density at radius 3 is 2.35 bits per heavy atom. The van der Waals surface area contributed by atoms with Crippen molar-refractivity contribution in [2.75, 3.05) is 26.2 Å². The molecule has 2 aromatic carbocycles. The molecule has 0 aliphatic carbocycles. The van der Waals surface area contributed by atoms with Crippen LogP contribution in [-0.4, -0.2) is 48.3 Å². The van der Waals surface area contributed by atoms with Gasteiger partial charge in [-0.1, -0.05) is 35.7 Å². The van der Waals surface area contributed by atoms with Crippen molar-refractivity contribution in [3.8, 4) is 28.7 Å². The van der Waals surface area contributed by atoms with Crippen LogP contribution in [0.5, 0.6) is 5.75 Å². The van der Waals surface area contributed by atoms with Gasteiger partial charge < -0.3 is 15.2 Å². The van der Waals surface area contributed by atoms with Crippen LogP contribution in [0.3, 0.4) is 0 Å². The molecule has 0 unspecified atom stereocenters. The number of likely N-dealkylation sites (tertiary alicyclic amines) is 1. The number of hydrogen-bond donors (Lipinski definition) is 1. The first-order chi connectivity index (χ1) is 16.5. The highest BCUT2D eigenvalue weighted by Crippen LogP contribution is 2.21. The second-order valence-corrected chi connectivity index (χ2v) is 8.48. The molecule has 174 valence electrons. The third kappa shape index (κ3) is 6.98. The molecule has 1 amide bonds. The summed E-state index contributed by atoms with van der Waals surface area (Å²) in [4.78, 5) is 17.6. The topological polar surface area (TPSA) is 77.7 Å². The fourth-order valence-electron chi connectivity index (χ4n) is 3.76. The Morgan fingerprint density at radius 1 is 1.00 bits per heavy atom. The lowest BCUT2D eigenvalue weighted by Gasteiger charge is -2.31. The highest BCUT2D eigenvalue weighted by Gasteiger charge is 2.21. The molecule has 0 radical (unpaired) electrons. The first kappa shape index (κ1) is 23.6. The summed E-state index contributed by atoms with van der Waals surface area (Å²) in [6.07, 6.45) is 2.65. The third-order valence-electron chi connectivity index (χ3n) is 5.62. The Kier molecular flexibility index (Phi) is 8.03. The van der Waals surface area contributed by atoms with Crippen LogP contribution < -0.4 is 10.5 Å². The molecule has 1 aliphatic heterocycles. The Morgan fingerprint density at radius 2 is 1.71 bits per heavy atom. The summed E-state index contributed by atoms with van der Waals surface area (Å²) in [5.74, 6) is 7.05. The highest BCUT2D eigenvalue weighted by atomic mass is 35.5. The fraction of sp³-hybridized carbons (Fsp3) is 0.259. The number of carbonyl (C=O) groups excluding carboxylic acids is 1. The zero-order valence-corrected chi connectivity index (χ0v) is 19.5. The van der Waals surface area contributed by atoms with E-state index < -0.39 is 6.09 Å². The van der Waals surface area contributed by atoms with Gasteiger partial charge in [-0.15, -0.1) is 0 Å². The minimum Gasteiger partial charge on any atom is -0.492 e. The maximum absolute atomic E-state index is 10.8. The summed E-state index contributed by atoms with van der Waals surface area (Å²) < 4.78 is 10.9. The van der Waals surface area contributed by atoms with Gasteiger partial charge in [-0.05, 0) is 66.8 Å². The van der Waals surface area contributed by atoms with Crippen LogP contribution in [0.25, 0.3) is 11.1 Å². The van der Waals surface area contributed by atoms with E-state index in [-0.39, 0.29) is 6.10 Å². The first-order valence-electron chi connectivity index (χ1n) is 11.2. The zero-order valence-electron chi connectivity index (χ0n) is 18.7. The molecule has 1 aliphatic rings. The number of rotatable bonds is 6. The van der Waals surface area contributed by atoms with Gasteiger partial charge in [0, 0.05) is 42.0 Å². The molecule has 0 bridgehead atoms. The monoisotopic (exact) mass is 475 g/mol. The molecule has 0 atom stereocenters. The Bertz CT molecular complexity index is 1140. The number of pyridine rings is 1. The summed E-state index contributed by atoms with van der Waals surface area (Å²) in [6, 6.07) is 19.3. The predicted octanol–water partition coefficient (Wildman–Crippen LogP) is 4.74. The number of nitrogens with two attached hydrogens (primary N) is 1. The average Bonchev–Trinajstić information content (AvgIpc) is 2.85. The molecular weight excluding hydrogens is 450 g/mol. The van der Waals surface area contributed by atoms with Gasteiger partial charge in [-0.3, -0.25) is 4.90 Å². The van der Waals surface area contributed by atoms with Crippen LogP contribution >= 0.6 is 11.6 Å². The molecule has 1 fully saturated rings. The lowest BCUT2D eigenvalue weighted by molar-refractivity contribution is 0.0523. The normalized spacial score (nSPS) is 14.1. The smallest absolute Gasteiger partial charge is 0.404 e. The minimum absolute atomic E-state index is 0.0695. The van der Waals surface area contributed by atoms with Crippen molar-refractivity contribution < 1.29 is 14.3 Å². The van der Waals surface area contributed by atoms with E-state index in [1.54, 1.807) is 0 Å². The summed E-state index contributed by atoms with van der Waals surface area (Å²) in [5.41, 5.74) is 8.77. The number of amides is 1. The lowest BCUT2D eigenvalue weighted by Crippen LogP contribution is -2.40. The van der Waals surface area contributed by atoms with Gasteiger partial charge in [0.05, 0.1) is 0 Å². The third-order valence-corrected chi connectivity index (χ3v) is 5.88. The van der Waals surface area contributed by atoms with Crippen LogP contribution in [0, 0.1) is 11.8 Å². The molecule has 3 aromatic rings. The SMILES string of the molecule is NC(=O)OC1CCN(CCOc2ccc(C#Cc3ccc(-c4ccc(Cl)cc4)cn3)cc2)CC1. The summed E-state index contributed by atoms with van der Waals surface area (Å²) in [6.45, 7) is 3.15. The summed E-state index contributed by atoms with van der Waals surface area (Å²) in [7, 11) is 0. The maximum Gasteiger partial charge on any atom is 0.404 e. The van der Waals surface area contributed by atoms with E-state index in [0.29, 0.717) is 17.3 Å². The standard InChI is InChI=1S/C27H26ClN3O3/c28-23-7-4-21(5-8-23)22-6-10-24(30-19-22)9-1-20-2-11-25(12-3-20)33-18-17-31-15-13-26(14-16-31)34-27(29)32/h2-8,10-12,19,26H,13-18H2,(H2,29,32). The van der Waals surface area contributed by atoms with Crippen LogP contribution in [0.2, 0.25) is 5.02 Å². The van der Waals surface area contributed by atoms with Crippen molar-refractivity contribution >= 4 is 17.7 Å². The molecule has 2 heterocycles. The Labute approximate surface area is 204 Å². The van der Waals surface area contributed by atoms with E-state index in [1.807, 2.05) is 66.9 Å². The van der Waals surface area contributed by atoms with Crippen molar-refractivity contribution in [2.24, 2.45) is 5.73 Å². The number of carbonyl (C=O) groups is 1. The Balaban J connectivity index is 1.23. The van der Waals surface area contributed by atoms with Gasteiger partial charge in [0.1, 0.15) is 24.2 Å². The van der Waals surface area contributed by atoms with Gasteiger partial charge in [-0.25, -0.2) is 9.78 Å². The largest absolute Gasteiger partial charge is 0.492 e. The number of ether oxygens (including phenoxy) is 2. The minimum atomic E-state index is -0.696. The van der Waals surface area contributed by atoms with Crippen molar-refractivity contribution in [3.63, 3.8) is 0 Å². The number of piperidine rings is 1. The quantitative estimate of drug-likeness (QED) is 0.521. The second kappa shape index (κ2) is 11.6. The van der Waals surface area contributed by atoms with E-state index in [4.69, 9.17) is 26.8 Å². The number of aromatic nitrogens is 1. The zero-order chi connectivity index (χ0) is 23.8. The van der Waals surface area contributed by atoms with Crippen molar-refractivity contribution in [3.05, 3.63) is 83.1 Å². The molecular formula is C27H26ClN3O3. The van der Waals surface area contributed by atoms with E-state index in [2.05, 4.69) is 21.7 Å². The van der Waals surface area contributed by atoms with Crippen LogP contribution in [-0.2, 0) is 4.74 Å². The number of nitrogens with zero attached hydrogens (tertiary/aromatic N) is 2. The van der Waals surface area contributed by atoms with Crippen molar-refractivity contribution in [1.82, 2.24) is 9.88 Å². The van der Waals surface area contributed by atoms with Crippen LogP contribution in [0.1, 0.15) is 24.1 Å². The summed E-state index contributed by atoms with van der Waals surface area (Å²) in [5, 5.41) is 0.713. The van der Waals surface area contributed by atoms with Crippen LogP contribution in [0.15, 0.2) is 66.9 Å².